The molecular weight excluding hydrogens is 266 g/mol. The summed E-state index contributed by atoms with van der Waals surface area (Å²) in [7, 11) is 0. The molecule has 4 nitrogen and oxygen atoms in total. The Kier molecular flexibility index (Phi) is 4.88. The smallest absolute Gasteiger partial charge is 0.324 e. The van der Waals surface area contributed by atoms with E-state index >= 15 is 0 Å². The Labute approximate surface area is 126 Å². The van der Waals surface area contributed by atoms with Gasteiger partial charge < -0.3 is 9.84 Å². The fraction of sp³-hybridized carbons (Fsp3) is 0.588. The SMILES string of the molecule is CCC(C)(C)c1ccc(OCC(NC2CC2)C(=O)O)cc1. The van der Waals surface area contributed by atoms with E-state index in [1.807, 2.05) is 12.1 Å². The zero-order valence-electron chi connectivity index (χ0n) is 13.1. The lowest BCUT2D eigenvalue weighted by Crippen LogP contribution is -2.42. The summed E-state index contributed by atoms with van der Waals surface area (Å²) in [5.74, 6) is -0.139. The largest absolute Gasteiger partial charge is 0.491 e. The predicted molar refractivity (Wildman–Crippen MR) is 82.8 cm³/mol. The molecule has 1 aromatic carbocycles. The van der Waals surface area contributed by atoms with E-state index in [1.54, 1.807) is 0 Å². The molecule has 0 saturated heterocycles. The van der Waals surface area contributed by atoms with Gasteiger partial charge in [0.15, 0.2) is 0 Å². The lowest BCUT2D eigenvalue weighted by atomic mass is 9.82. The van der Waals surface area contributed by atoms with Crippen LogP contribution in [0.2, 0.25) is 0 Å². The molecular formula is C17H25NO3. The molecule has 0 spiro atoms. The van der Waals surface area contributed by atoms with Crippen molar-refractivity contribution < 1.29 is 14.6 Å². The van der Waals surface area contributed by atoms with Gasteiger partial charge in [0, 0.05) is 6.04 Å². The molecule has 1 saturated carbocycles. The number of hydrogen-bond acceptors (Lipinski definition) is 3. The summed E-state index contributed by atoms with van der Waals surface area (Å²) in [6.07, 6.45) is 3.19. The fourth-order valence-electron chi connectivity index (χ4n) is 2.11. The molecule has 1 unspecified atom stereocenters. The second-order valence-corrected chi connectivity index (χ2v) is 6.40. The standard InChI is InChI=1S/C17H25NO3/c1-4-17(2,3)12-5-9-14(10-6-12)21-11-15(16(19)20)18-13-7-8-13/h5-6,9-10,13,15,18H,4,7-8,11H2,1-3H3,(H,19,20). The third kappa shape index (κ3) is 4.46. The Morgan fingerprint density at radius 1 is 1.38 bits per heavy atom. The van der Waals surface area contributed by atoms with E-state index in [1.165, 1.54) is 5.56 Å². The number of hydrogen-bond donors (Lipinski definition) is 2. The molecule has 0 aromatic heterocycles. The third-order valence-corrected chi connectivity index (χ3v) is 4.25. The van der Waals surface area contributed by atoms with Crippen LogP contribution in [0.5, 0.6) is 5.75 Å². The maximum atomic E-state index is 11.2. The lowest BCUT2D eigenvalue weighted by molar-refractivity contribution is -0.140. The Hall–Kier alpha value is -1.55. The minimum absolute atomic E-state index is 0.148. The van der Waals surface area contributed by atoms with Gasteiger partial charge in [0.1, 0.15) is 18.4 Å². The van der Waals surface area contributed by atoms with Gasteiger partial charge in [0.05, 0.1) is 0 Å². The van der Waals surface area contributed by atoms with Gasteiger partial charge in [-0.3, -0.25) is 10.1 Å². The van der Waals surface area contributed by atoms with E-state index < -0.39 is 12.0 Å². The number of carboxylic acids is 1. The van der Waals surface area contributed by atoms with Crippen LogP contribution in [0.15, 0.2) is 24.3 Å². The van der Waals surface area contributed by atoms with Crippen molar-refractivity contribution in [2.45, 2.75) is 57.5 Å². The minimum atomic E-state index is -0.856. The normalized spacial score (nSPS) is 16.5. The summed E-state index contributed by atoms with van der Waals surface area (Å²) < 4.78 is 5.62. The number of aliphatic carboxylic acids is 1. The first-order valence-corrected chi connectivity index (χ1v) is 7.64. The summed E-state index contributed by atoms with van der Waals surface area (Å²) in [5, 5.41) is 12.2. The second kappa shape index (κ2) is 6.48. The van der Waals surface area contributed by atoms with E-state index in [0.29, 0.717) is 6.04 Å². The molecule has 0 radical (unpaired) electrons. The zero-order chi connectivity index (χ0) is 15.5. The first kappa shape index (κ1) is 15.8. The Bertz CT molecular complexity index is 477. The summed E-state index contributed by atoms with van der Waals surface area (Å²) in [5.41, 5.74) is 1.42. The number of benzene rings is 1. The number of nitrogens with one attached hydrogen (secondary N) is 1. The van der Waals surface area contributed by atoms with Gasteiger partial charge in [0.25, 0.3) is 0 Å². The number of carboxylic acid groups (broad SMARTS) is 1. The van der Waals surface area contributed by atoms with Crippen molar-refractivity contribution >= 4 is 5.97 Å². The van der Waals surface area contributed by atoms with Crippen LogP contribution in [0, 0.1) is 0 Å². The van der Waals surface area contributed by atoms with E-state index in [4.69, 9.17) is 9.84 Å². The van der Waals surface area contributed by atoms with E-state index in [0.717, 1.165) is 25.0 Å². The van der Waals surface area contributed by atoms with Crippen LogP contribution >= 0.6 is 0 Å². The van der Waals surface area contributed by atoms with Gasteiger partial charge in [0.2, 0.25) is 0 Å². The molecule has 1 aromatic rings. The topological polar surface area (TPSA) is 58.6 Å². The zero-order valence-corrected chi connectivity index (χ0v) is 13.1. The summed E-state index contributed by atoms with van der Waals surface area (Å²) in [4.78, 5) is 11.2. The van der Waals surface area contributed by atoms with Crippen LogP contribution in [0.4, 0.5) is 0 Å². The van der Waals surface area contributed by atoms with Gasteiger partial charge in [-0.05, 0) is 42.4 Å². The predicted octanol–water partition coefficient (Wildman–Crippen LogP) is 2.96. The van der Waals surface area contributed by atoms with Crippen molar-refractivity contribution in [1.82, 2.24) is 5.32 Å². The summed E-state index contributed by atoms with van der Waals surface area (Å²) in [6, 6.07) is 7.67. The van der Waals surface area contributed by atoms with Crippen LogP contribution in [0.1, 0.15) is 45.6 Å². The van der Waals surface area contributed by atoms with Gasteiger partial charge in [-0.2, -0.15) is 0 Å². The molecule has 0 aliphatic heterocycles. The number of rotatable bonds is 8. The van der Waals surface area contributed by atoms with Crippen molar-refractivity contribution in [2.24, 2.45) is 0 Å². The number of carbonyl (C=O) groups is 1. The maximum Gasteiger partial charge on any atom is 0.324 e. The Balaban J connectivity index is 1.91. The highest BCUT2D eigenvalue weighted by Gasteiger charge is 2.28. The first-order chi connectivity index (χ1) is 9.92. The van der Waals surface area contributed by atoms with Gasteiger partial charge in [-0.15, -0.1) is 0 Å². The van der Waals surface area contributed by atoms with E-state index in [2.05, 4.69) is 38.2 Å². The molecule has 0 amide bonds. The molecule has 0 heterocycles. The average molecular weight is 291 g/mol. The van der Waals surface area contributed by atoms with Crippen molar-refractivity contribution in [3.63, 3.8) is 0 Å². The molecule has 1 aliphatic rings. The monoisotopic (exact) mass is 291 g/mol. The fourth-order valence-corrected chi connectivity index (χ4v) is 2.11. The quantitative estimate of drug-likeness (QED) is 0.773. The second-order valence-electron chi connectivity index (χ2n) is 6.40. The Morgan fingerprint density at radius 2 is 2.00 bits per heavy atom. The molecule has 2 N–H and O–H groups in total. The number of ether oxygens (including phenoxy) is 1. The molecule has 0 bridgehead atoms. The molecule has 116 valence electrons. The van der Waals surface area contributed by atoms with E-state index in [-0.39, 0.29) is 12.0 Å². The van der Waals surface area contributed by atoms with Gasteiger partial charge in [-0.25, -0.2) is 0 Å². The maximum absolute atomic E-state index is 11.2. The molecule has 1 aliphatic carbocycles. The third-order valence-electron chi connectivity index (χ3n) is 4.25. The van der Waals surface area contributed by atoms with Crippen molar-refractivity contribution in [3.05, 3.63) is 29.8 Å². The average Bonchev–Trinajstić information content (AvgIpc) is 3.27. The highest BCUT2D eigenvalue weighted by molar-refractivity contribution is 5.73. The first-order valence-electron chi connectivity index (χ1n) is 7.64. The van der Waals surface area contributed by atoms with Crippen LogP contribution in [-0.2, 0) is 10.2 Å². The lowest BCUT2D eigenvalue weighted by Gasteiger charge is -2.23. The van der Waals surface area contributed by atoms with Crippen molar-refractivity contribution in [2.75, 3.05) is 6.61 Å². The highest BCUT2D eigenvalue weighted by atomic mass is 16.5. The molecule has 1 fully saturated rings. The molecule has 4 heteroatoms. The van der Waals surface area contributed by atoms with Gasteiger partial charge in [-0.1, -0.05) is 32.9 Å². The Morgan fingerprint density at radius 3 is 2.48 bits per heavy atom. The minimum Gasteiger partial charge on any atom is -0.491 e. The van der Waals surface area contributed by atoms with Crippen molar-refractivity contribution in [1.29, 1.82) is 0 Å². The molecule has 1 atom stereocenters. The van der Waals surface area contributed by atoms with Crippen LogP contribution in [0.3, 0.4) is 0 Å². The summed E-state index contributed by atoms with van der Waals surface area (Å²) in [6.45, 7) is 6.75. The summed E-state index contributed by atoms with van der Waals surface area (Å²) >= 11 is 0. The van der Waals surface area contributed by atoms with Crippen molar-refractivity contribution in [3.8, 4) is 5.75 Å². The highest BCUT2D eigenvalue weighted by Crippen LogP contribution is 2.28. The molecule has 2 rings (SSSR count). The van der Waals surface area contributed by atoms with E-state index in [9.17, 15) is 4.79 Å². The van der Waals surface area contributed by atoms with Gasteiger partial charge >= 0.3 is 5.97 Å². The van der Waals surface area contributed by atoms with Crippen LogP contribution in [0.25, 0.3) is 0 Å². The van der Waals surface area contributed by atoms with Crippen LogP contribution < -0.4 is 10.1 Å². The molecule has 21 heavy (non-hydrogen) atoms. The van der Waals surface area contributed by atoms with Crippen LogP contribution in [-0.4, -0.2) is 29.8 Å².